The Morgan fingerprint density at radius 2 is 1.91 bits per heavy atom. The van der Waals surface area contributed by atoms with Crippen LogP contribution in [0.2, 0.25) is 0 Å². The van der Waals surface area contributed by atoms with E-state index >= 15 is 0 Å². The quantitative estimate of drug-likeness (QED) is 0.0521. The molecule has 0 aliphatic rings. The summed E-state index contributed by atoms with van der Waals surface area (Å²) >= 11 is 3.86. The number of hydrogen-bond acceptors (Lipinski definition) is 13. The van der Waals surface area contributed by atoms with Gasteiger partial charge in [0.2, 0.25) is 5.65 Å². The third kappa shape index (κ3) is 6.50. The van der Waals surface area contributed by atoms with Crippen LogP contribution in [0.1, 0.15) is 11.4 Å². The Morgan fingerprint density at radius 3 is 2.59 bits per heavy atom. The summed E-state index contributed by atoms with van der Waals surface area (Å²) in [6, 6.07) is 3.39. The van der Waals surface area contributed by atoms with Gasteiger partial charge in [-0.2, -0.15) is 19.7 Å². The van der Waals surface area contributed by atoms with E-state index < -0.39 is 15.0 Å². The van der Waals surface area contributed by atoms with Crippen molar-refractivity contribution in [2.45, 2.75) is 23.6 Å². The number of fused-ring (bicyclic) bond motifs is 1. The number of nitrogens with one attached hydrogen (secondary N) is 1. The van der Waals surface area contributed by atoms with Gasteiger partial charge >= 0.3 is 103 Å². The number of hydrogen-bond donors (Lipinski definition) is 1. The molecule has 3 heterocycles. The van der Waals surface area contributed by atoms with E-state index in [4.69, 9.17) is 0 Å². The van der Waals surface area contributed by atoms with Crippen LogP contribution in [0, 0.1) is 13.8 Å². The summed E-state index contributed by atoms with van der Waals surface area (Å²) in [5.74, 6) is 0.148. The van der Waals surface area contributed by atoms with Gasteiger partial charge in [-0.1, -0.05) is 0 Å². The first-order valence-electron chi connectivity index (χ1n) is 8.37. The van der Waals surface area contributed by atoms with Gasteiger partial charge in [0.1, 0.15) is 10.1 Å². The molecule has 1 aromatic carbocycles. The van der Waals surface area contributed by atoms with Crippen molar-refractivity contribution >= 4 is 55.2 Å². The van der Waals surface area contributed by atoms with Gasteiger partial charge in [0.05, 0.1) is 43.4 Å². The minimum Gasteiger partial charge on any atom is -0.744 e. The summed E-state index contributed by atoms with van der Waals surface area (Å²) in [6.45, 7) is 3.37. The van der Waals surface area contributed by atoms with Crippen LogP contribution in [-0.4, -0.2) is 48.0 Å². The van der Waals surface area contributed by atoms with Crippen molar-refractivity contribution in [2.75, 3.05) is 0 Å². The van der Waals surface area contributed by atoms with Gasteiger partial charge in [-0.05, 0) is 53.2 Å². The average molecular weight is 623 g/mol. The topological polar surface area (TPSA) is 200 Å². The molecule has 0 unspecified atom stereocenters. The molecule has 4 aromatic rings. The number of tetrazole rings is 1. The largest absolute Gasteiger partial charge is 1.00 e. The van der Waals surface area contributed by atoms with Crippen LogP contribution in [0.3, 0.4) is 0 Å². The molecule has 0 amide bonds. The molecular weight excluding hydrogens is 612 g/mol. The van der Waals surface area contributed by atoms with E-state index in [1.54, 1.807) is 13.8 Å². The molecule has 0 fully saturated rings. The minimum atomic E-state index is -4.79. The molecule has 0 aliphatic heterocycles. The van der Waals surface area contributed by atoms with E-state index in [1.807, 2.05) is 0 Å². The molecule has 0 atom stereocenters. The van der Waals surface area contributed by atoms with Crippen LogP contribution >= 0.6 is 28.0 Å². The van der Waals surface area contributed by atoms with Gasteiger partial charge in [-0.3, -0.25) is 5.04 Å². The maximum Gasteiger partial charge on any atom is 1.00 e. The Hall–Kier alpha value is 0.533. The first-order chi connectivity index (χ1) is 15.2. The van der Waals surface area contributed by atoms with Gasteiger partial charge in [0.15, 0.2) is 11.5 Å². The monoisotopic (exact) mass is 621 g/mol. The molecular formula is C14H10BrK2N9O6S2. The predicted molar refractivity (Wildman–Crippen MR) is 106 cm³/mol. The number of H-pyrrole nitrogens is 1. The van der Waals surface area contributed by atoms with Gasteiger partial charge in [0, 0.05) is 0 Å². The van der Waals surface area contributed by atoms with E-state index in [-0.39, 0.29) is 119 Å². The number of aromatic nitrogens is 7. The zero-order valence-corrected chi connectivity index (χ0v) is 27.4. The smallest absolute Gasteiger partial charge is 0.744 e. The summed E-state index contributed by atoms with van der Waals surface area (Å²) in [7, 11) is -4.79. The third-order valence-corrected chi connectivity index (χ3v) is 6.51. The van der Waals surface area contributed by atoms with Gasteiger partial charge in [-0.15, -0.1) is 20.0 Å². The van der Waals surface area contributed by atoms with E-state index in [1.165, 1.54) is 15.4 Å². The van der Waals surface area contributed by atoms with Crippen molar-refractivity contribution in [3.63, 3.8) is 0 Å². The Labute approximate surface area is 289 Å². The number of rotatable bonds is 7. The molecule has 34 heavy (non-hydrogen) atoms. The first kappa shape index (κ1) is 30.8. The van der Waals surface area contributed by atoms with Crippen LogP contribution in [-0.2, 0) is 19.5 Å². The van der Waals surface area contributed by atoms with Crippen molar-refractivity contribution in [3.8, 4) is 5.69 Å². The zero-order chi connectivity index (χ0) is 23.0. The maximum atomic E-state index is 11.5. The number of aromatic amines is 1. The van der Waals surface area contributed by atoms with Crippen LogP contribution in [0.4, 0.5) is 11.5 Å². The minimum absolute atomic E-state index is 0. The van der Waals surface area contributed by atoms with Gasteiger partial charge in [-0.25, -0.2) is 13.1 Å². The maximum absolute atomic E-state index is 11.5. The molecule has 1 N–H and O–H groups in total. The molecule has 0 spiro atoms. The normalized spacial score (nSPS) is 11.7. The molecule has 0 bridgehead atoms. The molecule has 168 valence electrons. The Balaban J connectivity index is 0.00000204. The Kier molecular flexibility index (Phi) is 11.6. The average Bonchev–Trinajstić information content (AvgIpc) is 3.39. The molecule has 0 radical (unpaired) electrons. The summed E-state index contributed by atoms with van der Waals surface area (Å²) in [5, 5.41) is 40.6. The van der Waals surface area contributed by atoms with Crippen LogP contribution in [0.15, 0.2) is 42.7 Å². The fourth-order valence-corrected chi connectivity index (χ4v) is 3.95. The SMILES string of the molecule is Cc1nn(-c2cc(S(=O)(=O)[O-])ccc2SOO[O-])c(N=Nc2c(C)nn3[nH]nnc23)c1Br.[K+].[K+]. The number of nitrogens with zero attached hydrogens (tertiary/aromatic N) is 8. The fourth-order valence-electron chi connectivity index (χ4n) is 2.68. The summed E-state index contributed by atoms with van der Waals surface area (Å²) in [5.41, 5.74) is 1.74. The first-order valence-corrected chi connectivity index (χ1v) is 11.3. The Morgan fingerprint density at radius 1 is 1.18 bits per heavy atom. The molecule has 20 heteroatoms. The molecule has 0 saturated heterocycles. The van der Waals surface area contributed by atoms with Crippen LogP contribution < -0.4 is 108 Å². The fraction of sp³-hybridized carbons (Fsp3) is 0.143. The van der Waals surface area contributed by atoms with Crippen molar-refractivity contribution in [1.29, 1.82) is 0 Å². The molecule has 4 rings (SSSR count). The standard InChI is InChI=1S/C14H12BrN9O6S2.2K/c1-6-11(15)13(17-16-12-7(2)20-24-14(12)18-21-22-24)23(19-6)9-5-8(32(26,27)28)3-4-10(9)31-30-29-25;;/h3-5,25H,1-2H3,(H,18,22)(H,26,27,28);;/q;2*+1/p-2. The van der Waals surface area contributed by atoms with Gasteiger partial charge < -0.3 is 9.81 Å². The number of azo groups is 1. The Bertz CT molecular complexity index is 1460. The summed E-state index contributed by atoms with van der Waals surface area (Å²) in [4.78, 5) is -0.316. The van der Waals surface area contributed by atoms with E-state index in [0.29, 0.717) is 39.2 Å². The second-order valence-corrected chi connectivity index (χ2v) is 9.02. The third-order valence-electron chi connectivity index (χ3n) is 4.10. The molecule has 0 saturated carbocycles. The van der Waals surface area contributed by atoms with Crippen molar-refractivity contribution in [1.82, 2.24) is 35.0 Å². The number of aryl methyl sites for hydroxylation is 2. The second kappa shape index (κ2) is 12.9. The number of benzene rings is 1. The molecule has 0 aliphatic carbocycles. The second-order valence-electron chi connectivity index (χ2n) is 6.11. The zero-order valence-electron chi connectivity index (χ0n) is 18.0. The summed E-state index contributed by atoms with van der Waals surface area (Å²) < 4.78 is 42.0. The molecule has 15 nitrogen and oxygen atoms in total. The van der Waals surface area contributed by atoms with Crippen molar-refractivity contribution < 1.29 is 130 Å². The van der Waals surface area contributed by atoms with Crippen molar-refractivity contribution in [2.24, 2.45) is 10.2 Å². The number of halogens is 1. The van der Waals surface area contributed by atoms with E-state index in [9.17, 15) is 18.2 Å². The van der Waals surface area contributed by atoms with Crippen LogP contribution in [0.25, 0.3) is 11.3 Å². The van der Waals surface area contributed by atoms with E-state index in [0.717, 1.165) is 12.1 Å². The summed E-state index contributed by atoms with van der Waals surface area (Å²) in [6.07, 6.45) is 0. The van der Waals surface area contributed by atoms with Gasteiger partial charge in [0.25, 0.3) is 0 Å². The van der Waals surface area contributed by atoms with E-state index in [2.05, 4.69) is 61.3 Å². The predicted octanol–water partition coefficient (Wildman–Crippen LogP) is -4.42. The van der Waals surface area contributed by atoms with Crippen molar-refractivity contribution in [3.05, 3.63) is 34.1 Å². The van der Waals surface area contributed by atoms with Crippen LogP contribution in [0.5, 0.6) is 0 Å². The molecule has 3 aromatic heterocycles.